The second-order valence-corrected chi connectivity index (χ2v) is 13.5. The third-order valence-electron chi connectivity index (χ3n) is 9.37. The van der Waals surface area contributed by atoms with Crippen molar-refractivity contribution < 1.29 is 48.7 Å². The lowest BCUT2D eigenvalue weighted by atomic mass is 9.78. The zero-order valence-corrected chi connectivity index (χ0v) is 26.8. The average Bonchev–Trinajstić information content (AvgIpc) is 3.18. The molecule has 2 bridgehead atoms. The van der Waals surface area contributed by atoms with Crippen molar-refractivity contribution in [2.45, 2.75) is 135 Å². The number of Topliss-reactive ketones (excluding diaryl/α,β-unsaturated/α-hetero) is 1. The fraction of sp³-hybridized carbons (Fsp3) is 0.900. The summed E-state index contributed by atoms with van der Waals surface area (Å²) in [5.41, 5.74) is -3.36. The topological polar surface area (TPSA) is 155 Å². The number of ether oxygens (including phenoxy) is 4. The minimum Gasteiger partial charge on any atom is -0.459 e. The number of fused-ring (bicyclic) bond motifs is 2. The van der Waals surface area contributed by atoms with Gasteiger partial charge in [0.1, 0.15) is 23.7 Å². The highest BCUT2D eigenvalue weighted by atomic mass is 16.7. The number of cyclic esters (lactones) is 1. The summed E-state index contributed by atoms with van der Waals surface area (Å²) in [5, 5.41) is 34.6. The maximum absolute atomic E-state index is 13.8. The van der Waals surface area contributed by atoms with Crippen LogP contribution in [0.2, 0.25) is 0 Å². The number of rotatable bonds is 4. The van der Waals surface area contributed by atoms with Gasteiger partial charge in [0, 0.05) is 18.5 Å². The van der Waals surface area contributed by atoms with Crippen LogP contribution in [0.5, 0.6) is 0 Å². The summed E-state index contributed by atoms with van der Waals surface area (Å²) in [5.74, 6) is -3.91. The molecule has 3 N–H and O–H groups in total. The number of ketones is 1. The molecule has 3 saturated heterocycles. The van der Waals surface area contributed by atoms with E-state index < -0.39 is 77.6 Å². The Kier molecular flexibility index (Phi) is 10.8. The van der Waals surface area contributed by atoms with Gasteiger partial charge in [-0.1, -0.05) is 20.8 Å². The normalized spacial score (nSPS) is 46.2. The molecular formula is C30H52N2O10. The number of aliphatic hydroxyl groups is 3. The van der Waals surface area contributed by atoms with Crippen LogP contribution in [0.1, 0.15) is 74.7 Å². The molecule has 1 unspecified atom stereocenters. The Bertz CT molecular complexity index is 987. The number of likely N-dealkylation sites (N-methyl/N-ethyl adjacent to an activating group) is 1. The summed E-state index contributed by atoms with van der Waals surface area (Å²) < 4.78 is 23.6. The summed E-state index contributed by atoms with van der Waals surface area (Å²) in [6.07, 6.45) is -5.39. The molecule has 42 heavy (non-hydrogen) atoms. The van der Waals surface area contributed by atoms with Crippen molar-refractivity contribution in [1.29, 1.82) is 0 Å². The van der Waals surface area contributed by atoms with Gasteiger partial charge in [-0.05, 0) is 73.9 Å². The van der Waals surface area contributed by atoms with E-state index in [-0.39, 0.29) is 37.5 Å². The Morgan fingerprint density at radius 1 is 1.05 bits per heavy atom. The largest absolute Gasteiger partial charge is 0.459 e. The molecule has 242 valence electrons. The SMILES string of the molecule is CC[C@H]1OC(=O)[C@H](C)C(=O)[C@H](C)[C@@H](O[C@@H]2O[C@H](C)C[C@H](N(C)C)[C@H]2O)C(C)(O)C[C@@H](C)CN2C(=O)O[C@H]([C@H]2C)[C@]1(C)O. The van der Waals surface area contributed by atoms with Gasteiger partial charge in [-0.25, -0.2) is 4.79 Å². The lowest BCUT2D eigenvalue weighted by Crippen LogP contribution is -2.58. The van der Waals surface area contributed by atoms with Crippen LogP contribution in [0.3, 0.4) is 0 Å². The molecule has 3 heterocycles. The number of carbonyl (C=O) groups is 3. The standard InChI is InChI=1S/C30H52N2O10/c1-11-21-30(8,38)25-19(6)32(28(36)42-25)14-15(2)13-29(7,37)24(17(4)22(33)18(5)26(35)40-21)41-27-23(34)20(31(9)10)12-16(3)39-27/h15-21,23-25,27,34,37-38H,11-14H2,1-10H3/t15-,16-,17+,18-,19-,20+,21-,23-,24-,25-,27+,29?,30-/m1/s1. The quantitative estimate of drug-likeness (QED) is 0.319. The van der Waals surface area contributed by atoms with Crippen LogP contribution in [0.25, 0.3) is 0 Å². The fourth-order valence-electron chi connectivity index (χ4n) is 6.98. The molecule has 0 aliphatic carbocycles. The minimum absolute atomic E-state index is 0.110. The Morgan fingerprint density at radius 2 is 1.67 bits per heavy atom. The smallest absolute Gasteiger partial charge is 0.410 e. The molecule has 0 aromatic heterocycles. The van der Waals surface area contributed by atoms with Gasteiger partial charge in [-0.15, -0.1) is 0 Å². The molecule has 3 aliphatic heterocycles. The molecule has 0 radical (unpaired) electrons. The molecule has 13 atom stereocenters. The monoisotopic (exact) mass is 600 g/mol. The van der Waals surface area contributed by atoms with Gasteiger partial charge in [0.05, 0.1) is 23.9 Å². The summed E-state index contributed by atoms with van der Waals surface area (Å²) in [6.45, 7) is 13.4. The number of aliphatic hydroxyl groups excluding tert-OH is 1. The van der Waals surface area contributed by atoms with Crippen LogP contribution in [-0.2, 0) is 28.5 Å². The van der Waals surface area contributed by atoms with Crippen LogP contribution >= 0.6 is 0 Å². The predicted octanol–water partition coefficient (Wildman–Crippen LogP) is 1.71. The van der Waals surface area contributed by atoms with E-state index >= 15 is 0 Å². The van der Waals surface area contributed by atoms with Crippen LogP contribution in [0, 0.1) is 17.8 Å². The molecule has 3 aliphatic rings. The van der Waals surface area contributed by atoms with E-state index in [4.69, 9.17) is 18.9 Å². The molecule has 0 aromatic rings. The van der Waals surface area contributed by atoms with Gasteiger partial charge in [-0.3, -0.25) is 9.59 Å². The van der Waals surface area contributed by atoms with Crippen molar-refractivity contribution in [2.24, 2.45) is 17.8 Å². The summed E-state index contributed by atoms with van der Waals surface area (Å²) >= 11 is 0. The Hall–Kier alpha value is -1.83. The number of hydrogen-bond donors (Lipinski definition) is 3. The molecule has 12 nitrogen and oxygen atoms in total. The number of esters is 1. The van der Waals surface area contributed by atoms with E-state index in [2.05, 4.69) is 0 Å². The highest BCUT2D eigenvalue weighted by Crippen LogP contribution is 2.37. The molecule has 3 fully saturated rings. The van der Waals surface area contributed by atoms with Crippen LogP contribution in [-0.4, -0.2) is 124 Å². The highest BCUT2D eigenvalue weighted by Gasteiger charge is 2.54. The van der Waals surface area contributed by atoms with Crippen molar-refractivity contribution in [2.75, 3.05) is 20.6 Å². The van der Waals surface area contributed by atoms with Crippen LogP contribution in [0.4, 0.5) is 4.79 Å². The van der Waals surface area contributed by atoms with Crippen molar-refractivity contribution in [3.8, 4) is 0 Å². The molecule has 0 spiro atoms. The van der Waals surface area contributed by atoms with E-state index in [1.54, 1.807) is 27.7 Å². The van der Waals surface area contributed by atoms with E-state index in [9.17, 15) is 29.7 Å². The van der Waals surface area contributed by atoms with E-state index in [0.29, 0.717) is 6.42 Å². The van der Waals surface area contributed by atoms with Gasteiger partial charge in [0.2, 0.25) is 0 Å². The van der Waals surface area contributed by atoms with E-state index in [1.807, 2.05) is 32.8 Å². The maximum atomic E-state index is 13.8. The average molecular weight is 601 g/mol. The second kappa shape index (κ2) is 13.0. The highest BCUT2D eigenvalue weighted by molar-refractivity contribution is 6.00. The van der Waals surface area contributed by atoms with Gasteiger partial charge in [-0.2, -0.15) is 0 Å². The first-order valence-electron chi connectivity index (χ1n) is 15.1. The first-order chi connectivity index (χ1) is 19.3. The zero-order chi connectivity index (χ0) is 31.9. The molecule has 0 saturated carbocycles. The van der Waals surface area contributed by atoms with Gasteiger partial charge < -0.3 is 44.1 Å². The van der Waals surface area contributed by atoms with Gasteiger partial charge in [0.25, 0.3) is 0 Å². The van der Waals surface area contributed by atoms with E-state index in [1.165, 1.54) is 18.7 Å². The molecule has 1 amide bonds. The van der Waals surface area contributed by atoms with E-state index in [0.717, 1.165) is 0 Å². The Morgan fingerprint density at radius 3 is 2.24 bits per heavy atom. The Labute approximate surface area is 249 Å². The van der Waals surface area contributed by atoms with Gasteiger partial charge >= 0.3 is 12.1 Å². The number of carbonyl (C=O) groups excluding carboxylic acids is 3. The third-order valence-corrected chi connectivity index (χ3v) is 9.37. The maximum Gasteiger partial charge on any atom is 0.410 e. The van der Waals surface area contributed by atoms with Gasteiger partial charge in [0.15, 0.2) is 18.2 Å². The number of amides is 1. The fourth-order valence-corrected chi connectivity index (χ4v) is 6.98. The summed E-state index contributed by atoms with van der Waals surface area (Å²) in [4.78, 5) is 43.4. The lowest BCUT2D eigenvalue weighted by molar-refractivity contribution is -0.293. The van der Waals surface area contributed by atoms with Crippen molar-refractivity contribution in [3.05, 3.63) is 0 Å². The molecular weight excluding hydrogens is 548 g/mol. The first kappa shape index (κ1) is 34.7. The summed E-state index contributed by atoms with van der Waals surface area (Å²) in [7, 11) is 3.69. The second-order valence-electron chi connectivity index (χ2n) is 13.5. The minimum atomic E-state index is -1.72. The van der Waals surface area contributed by atoms with Crippen LogP contribution in [0.15, 0.2) is 0 Å². The number of nitrogens with zero attached hydrogens (tertiary/aromatic N) is 2. The molecule has 0 aromatic carbocycles. The van der Waals surface area contributed by atoms with Crippen molar-refractivity contribution in [1.82, 2.24) is 9.80 Å². The van der Waals surface area contributed by atoms with Crippen molar-refractivity contribution >= 4 is 17.8 Å². The lowest BCUT2D eigenvalue weighted by Gasteiger charge is -2.45. The molecule has 12 heteroatoms. The Balaban J connectivity index is 2.03. The molecule has 3 rings (SSSR count). The predicted molar refractivity (Wildman–Crippen MR) is 152 cm³/mol. The van der Waals surface area contributed by atoms with Crippen LogP contribution < -0.4 is 0 Å². The number of hydrogen-bond acceptors (Lipinski definition) is 11. The summed E-state index contributed by atoms with van der Waals surface area (Å²) in [6, 6.07) is -0.836. The first-order valence-corrected chi connectivity index (χ1v) is 15.1. The third kappa shape index (κ3) is 6.94. The zero-order valence-electron chi connectivity index (χ0n) is 26.8. The van der Waals surface area contributed by atoms with Crippen molar-refractivity contribution in [3.63, 3.8) is 0 Å².